The quantitative estimate of drug-likeness (QED) is 0.412. The Morgan fingerprint density at radius 1 is 0.810 bits per heavy atom. The van der Waals surface area contributed by atoms with Crippen molar-refractivity contribution in [2.75, 3.05) is 37.6 Å². The molecule has 3 spiro atoms. The number of piperidine rings is 2. The molecule has 2 aromatic rings. The highest BCUT2D eigenvalue weighted by atomic mass is 15.3. The molecule has 9 atom stereocenters. The Hall–Kier alpha value is -2.43. The Morgan fingerprint density at radius 3 is 2.36 bits per heavy atom. The SMILES string of the molecule is CC[C@@H]1CN2CC[C@@]34C5=C(C[C@]6(CN5c5ccccc53)C3=Nc5ccccc5[C@@]35CCN3C[C@@H](CC)[C@@H]6C[C@H]35)[C@H]1C[C@H]24. The zero-order valence-electron chi connectivity index (χ0n) is 25.4. The van der Waals surface area contributed by atoms with Crippen molar-refractivity contribution >= 4 is 17.1 Å². The maximum absolute atomic E-state index is 5.84. The normalized spacial score (nSPS) is 45.2. The second-order valence-corrected chi connectivity index (χ2v) is 15.8. The molecular formula is C38H44N4. The van der Waals surface area contributed by atoms with Gasteiger partial charge in [-0.1, -0.05) is 63.1 Å². The van der Waals surface area contributed by atoms with E-state index in [1.165, 1.54) is 76.8 Å². The summed E-state index contributed by atoms with van der Waals surface area (Å²) in [6.07, 6.45) is 9.22. The second-order valence-electron chi connectivity index (χ2n) is 15.8. The fraction of sp³-hybridized carbons (Fsp3) is 0.605. The number of rotatable bonds is 2. The van der Waals surface area contributed by atoms with Crippen LogP contribution in [0.1, 0.15) is 69.9 Å². The Labute approximate surface area is 250 Å². The number of benzene rings is 2. The topological polar surface area (TPSA) is 22.1 Å². The summed E-state index contributed by atoms with van der Waals surface area (Å²) < 4.78 is 0. The Morgan fingerprint density at radius 2 is 1.52 bits per heavy atom. The molecule has 2 aromatic carbocycles. The average Bonchev–Trinajstić information content (AvgIpc) is 3.79. The predicted octanol–water partition coefficient (Wildman–Crippen LogP) is 6.68. The van der Waals surface area contributed by atoms with Crippen molar-refractivity contribution < 1.29 is 0 Å². The van der Waals surface area contributed by atoms with Crippen LogP contribution in [0.2, 0.25) is 0 Å². The molecule has 0 aromatic heterocycles. The van der Waals surface area contributed by atoms with Crippen molar-refractivity contribution in [1.82, 2.24) is 9.80 Å². The van der Waals surface area contributed by atoms with Crippen molar-refractivity contribution in [3.05, 3.63) is 70.9 Å². The van der Waals surface area contributed by atoms with Crippen LogP contribution >= 0.6 is 0 Å². The van der Waals surface area contributed by atoms with E-state index in [1.54, 1.807) is 28.2 Å². The van der Waals surface area contributed by atoms with E-state index in [2.05, 4.69) is 77.1 Å². The molecule has 4 saturated heterocycles. The van der Waals surface area contributed by atoms with Crippen LogP contribution in [0, 0.1) is 29.1 Å². The number of nitrogens with zero attached hydrogens (tertiary/aromatic N) is 4. The molecule has 0 amide bonds. The molecule has 42 heavy (non-hydrogen) atoms. The van der Waals surface area contributed by atoms with Gasteiger partial charge in [-0.15, -0.1) is 0 Å². The molecule has 7 heterocycles. The van der Waals surface area contributed by atoms with Gasteiger partial charge in [0, 0.05) is 54.2 Å². The molecule has 0 unspecified atom stereocenters. The molecule has 4 heteroatoms. The van der Waals surface area contributed by atoms with E-state index in [-0.39, 0.29) is 16.2 Å². The molecule has 2 aliphatic carbocycles. The number of hydrogen-bond donors (Lipinski definition) is 0. The summed E-state index contributed by atoms with van der Waals surface area (Å²) in [5, 5.41) is 0. The minimum Gasteiger partial charge on any atom is -0.343 e. The first-order valence-electron chi connectivity index (χ1n) is 17.4. The third-order valence-electron chi connectivity index (χ3n) is 15.0. The van der Waals surface area contributed by atoms with Gasteiger partial charge < -0.3 is 4.90 Å². The Kier molecular flexibility index (Phi) is 4.34. The summed E-state index contributed by atoms with van der Waals surface area (Å²) in [7, 11) is 0. The van der Waals surface area contributed by atoms with E-state index >= 15 is 0 Å². The summed E-state index contributed by atoms with van der Waals surface area (Å²) in [5.41, 5.74) is 11.9. The number of fused-ring (bicyclic) bond motifs is 8. The van der Waals surface area contributed by atoms with Crippen LogP contribution in [0.15, 0.2) is 64.8 Å². The van der Waals surface area contributed by atoms with Crippen molar-refractivity contribution in [3.8, 4) is 0 Å². The number of anilines is 1. The van der Waals surface area contributed by atoms with E-state index in [1.807, 2.05) is 5.57 Å². The average molecular weight is 557 g/mol. The molecule has 11 rings (SSSR count). The first-order chi connectivity index (χ1) is 20.6. The maximum Gasteiger partial charge on any atom is 0.0671 e. The summed E-state index contributed by atoms with van der Waals surface area (Å²) in [6, 6.07) is 20.4. The smallest absolute Gasteiger partial charge is 0.0671 e. The lowest BCUT2D eigenvalue weighted by Crippen LogP contribution is -2.69. The Bertz CT molecular complexity index is 1620. The van der Waals surface area contributed by atoms with Gasteiger partial charge in [-0.2, -0.15) is 0 Å². The molecule has 5 fully saturated rings. The van der Waals surface area contributed by atoms with Crippen molar-refractivity contribution in [1.29, 1.82) is 0 Å². The van der Waals surface area contributed by atoms with Crippen LogP contribution in [-0.2, 0) is 10.8 Å². The zero-order chi connectivity index (χ0) is 27.6. The summed E-state index contributed by atoms with van der Waals surface area (Å²) in [6.45, 7) is 11.3. The minimum absolute atomic E-state index is 0.124. The Balaban J connectivity index is 1.20. The number of allylic oxidation sites excluding steroid dienone is 1. The van der Waals surface area contributed by atoms with Gasteiger partial charge in [-0.3, -0.25) is 14.8 Å². The van der Waals surface area contributed by atoms with Crippen LogP contribution < -0.4 is 4.90 Å². The highest BCUT2D eigenvalue weighted by Crippen LogP contribution is 2.71. The van der Waals surface area contributed by atoms with Gasteiger partial charge in [0.15, 0.2) is 0 Å². The van der Waals surface area contributed by atoms with E-state index in [0.717, 1.165) is 30.2 Å². The van der Waals surface area contributed by atoms with Gasteiger partial charge in [-0.25, -0.2) is 0 Å². The second kappa shape index (κ2) is 7.61. The lowest BCUT2D eigenvalue weighted by atomic mass is 9.45. The monoisotopic (exact) mass is 556 g/mol. The molecule has 216 valence electrons. The van der Waals surface area contributed by atoms with Crippen molar-refractivity contribution in [2.45, 2.75) is 81.7 Å². The van der Waals surface area contributed by atoms with Gasteiger partial charge in [0.1, 0.15) is 0 Å². The third kappa shape index (κ3) is 2.37. The van der Waals surface area contributed by atoms with Crippen LogP contribution in [0.25, 0.3) is 0 Å². The van der Waals surface area contributed by atoms with Gasteiger partial charge >= 0.3 is 0 Å². The van der Waals surface area contributed by atoms with Crippen LogP contribution in [0.3, 0.4) is 0 Å². The minimum atomic E-state index is 0.124. The van der Waals surface area contributed by atoms with Crippen molar-refractivity contribution in [2.24, 2.45) is 34.1 Å². The lowest BCUT2D eigenvalue weighted by Gasteiger charge is -2.64. The fourth-order valence-corrected chi connectivity index (χ4v) is 13.6. The van der Waals surface area contributed by atoms with Crippen LogP contribution in [0.5, 0.6) is 0 Å². The van der Waals surface area contributed by atoms with Crippen molar-refractivity contribution in [3.63, 3.8) is 0 Å². The molecular weight excluding hydrogens is 512 g/mol. The van der Waals surface area contributed by atoms with E-state index in [0.29, 0.717) is 12.1 Å². The number of aliphatic imine (C=N–C) groups is 1. The van der Waals surface area contributed by atoms with E-state index < -0.39 is 0 Å². The molecule has 0 radical (unpaired) electrons. The van der Waals surface area contributed by atoms with E-state index in [9.17, 15) is 0 Å². The first kappa shape index (κ1) is 24.0. The van der Waals surface area contributed by atoms with Gasteiger partial charge in [0.25, 0.3) is 0 Å². The summed E-state index contributed by atoms with van der Waals surface area (Å²) in [5.74, 6) is 3.03. The molecule has 4 nitrogen and oxygen atoms in total. The lowest BCUT2D eigenvalue weighted by molar-refractivity contribution is -0.00363. The van der Waals surface area contributed by atoms with Crippen LogP contribution in [0.4, 0.5) is 11.4 Å². The molecule has 1 saturated carbocycles. The third-order valence-corrected chi connectivity index (χ3v) is 15.0. The highest BCUT2D eigenvalue weighted by Gasteiger charge is 2.72. The number of hydrogen-bond acceptors (Lipinski definition) is 4. The standard InChI is InChI=1S/C38H44N4/c1-3-23-20-40-15-13-37-28-10-6-8-12-31(28)42-22-36(19-26(34(37)42)25(23)17-32(37)40)29-18-33-38(14-16-41(33)21-24(29)4-2)27-9-5-7-11-30(27)39-35(36)38/h5-12,23-25,29,32-33H,3-4,13-22H2,1-2H3/t23-,24-,25+,29+,32+,33+,36-,37-,38-/m1/s1. The molecule has 9 aliphatic rings. The summed E-state index contributed by atoms with van der Waals surface area (Å²) >= 11 is 0. The van der Waals surface area contributed by atoms with Gasteiger partial charge in [0.2, 0.25) is 0 Å². The zero-order valence-corrected chi connectivity index (χ0v) is 25.4. The number of para-hydroxylation sites is 2. The highest BCUT2D eigenvalue weighted by molar-refractivity contribution is 6.08. The predicted molar refractivity (Wildman–Crippen MR) is 168 cm³/mol. The molecule has 7 aliphatic heterocycles. The van der Waals surface area contributed by atoms with E-state index in [4.69, 9.17) is 4.99 Å². The molecule has 4 bridgehead atoms. The molecule has 0 N–H and O–H groups in total. The van der Waals surface area contributed by atoms with Gasteiger partial charge in [0.05, 0.1) is 16.5 Å². The fourth-order valence-electron chi connectivity index (χ4n) is 13.6. The first-order valence-corrected chi connectivity index (χ1v) is 17.4. The van der Waals surface area contributed by atoms with Crippen LogP contribution in [-0.4, -0.2) is 60.3 Å². The van der Waals surface area contributed by atoms with Gasteiger partial charge in [-0.05, 0) is 97.7 Å². The maximum atomic E-state index is 5.84. The largest absolute Gasteiger partial charge is 0.343 e. The summed E-state index contributed by atoms with van der Waals surface area (Å²) in [4.78, 5) is 14.6.